The van der Waals surface area contributed by atoms with Crippen molar-refractivity contribution in [3.05, 3.63) is 58.1 Å². The van der Waals surface area contributed by atoms with E-state index >= 15 is 0 Å². The van der Waals surface area contributed by atoms with E-state index in [0.29, 0.717) is 10.0 Å². The van der Waals surface area contributed by atoms with E-state index in [1.807, 2.05) is 0 Å². The van der Waals surface area contributed by atoms with E-state index < -0.39 is 17.7 Å². The van der Waals surface area contributed by atoms with Crippen molar-refractivity contribution < 1.29 is 18.6 Å². The molecular formula is C14H11BrF2O2. The molecule has 0 fully saturated rings. The highest BCUT2D eigenvalue weighted by atomic mass is 79.9. The van der Waals surface area contributed by atoms with Crippen molar-refractivity contribution in [1.29, 1.82) is 0 Å². The Morgan fingerprint density at radius 3 is 2.58 bits per heavy atom. The summed E-state index contributed by atoms with van der Waals surface area (Å²) in [6.07, 6.45) is -0.870. The molecule has 0 bridgehead atoms. The largest absolute Gasteiger partial charge is 0.453 e. The zero-order valence-corrected chi connectivity index (χ0v) is 11.6. The molecule has 2 aromatic carbocycles. The molecule has 2 aromatic rings. The van der Waals surface area contributed by atoms with Crippen LogP contribution in [0.15, 0.2) is 40.9 Å². The highest BCUT2D eigenvalue weighted by Gasteiger charge is 2.16. The van der Waals surface area contributed by atoms with Gasteiger partial charge in [0, 0.05) is 5.56 Å². The van der Waals surface area contributed by atoms with Gasteiger partial charge in [-0.25, -0.2) is 8.78 Å². The van der Waals surface area contributed by atoms with E-state index in [2.05, 4.69) is 15.9 Å². The molecule has 2 nitrogen and oxygen atoms in total. The van der Waals surface area contributed by atoms with Crippen molar-refractivity contribution in [2.45, 2.75) is 13.0 Å². The zero-order chi connectivity index (χ0) is 14.0. The molecule has 100 valence electrons. The van der Waals surface area contributed by atoms with Crippen LogP contribution in [0, 0.1) is 11.6 Å². The second-order valence-corrected chi connectivity index (χ2v) is 4.87. The van der Waals surface area contributed by atoms with Crippen molar-refractivity contribution >= 4 is 15.9 Å². The van der Waals surface area contributed by atoms with E-state index in [4.69, 9.17) is 4.74 Å². The summed E-state index contributed by atoms with van der Waals surface area (Å²) in [5.41, 5.74) is 0.330. The minimum absolute atomic E-state index is 0.0650. The Hall–Kier alpha value is -1.46. The molecule has 1 atom stereocenters. The van der Waals surface area contributed by atoms with E-state index in [1.54, 1.807) is 6.07 Å². The Morgan fingerprint density at radius 2 is 1.95 bits per heavy atom. The first kappa shape index (κ1) is 14.0. The Morgan fingerprint density at radius 1 is 1.21 bits per heavy atom. The van der Waals surface area contributed by atoms with Crippen LogP contribution in [0.3, 0.4) is 0 Å². The van der Waals surface area contributed by atoms with Gasteiger partial charge in [0.1, 0.15) is 11.6 Å². The van der Waals surface area contributed by atoms with Gasteiger partial charge < -0.3 is 9.84 Å². The second-order valence-electron chi connectivity index (χ2n) is 4.01. The standard InChI is InChI=1S/C14H11BrF2O2/c1-8(18)10-3-2-4-12(17)14(10)19-13-6-5-9(16)7-11(13)15/h2-8,18H,1H3. The number of ether oxygens (including phenoxy) is 1. The van der Waals surface area contributed by atoms with Crippen molar-refractivity contribution in [3.8, 4) is 11.5 Å². The molecule has 0 amide bonds. The van der Waals surface area contributed by atoms with E-state index in [9.17, 15) is 13.9 Å². The fraction of sp³-hybridized carbons (Fsp3) is 0.143. The number of halogens is 3. The van der Waals surface area contributed by atoms with Gasteiger partial charge in [0.25, 0.3) is 0 Å². The highest BCUT2D eigenvalue weighted by Crippen LogP contribution is 2.35. The molecule has 0 aliphatic rings. The SMILES string of the molecule is CC(O)c1cccc(F)c1Oc1ccc(F)cc1Br. The number of para-hydroxylation sites is 1. The van der Waals surface area contributed by atoms with Crippen LogP contribution in [0.5, 0.6) is 11.5 Å². The number of aliphatic hydroxyl groups is 1. The van der Waals surface area contributed by atoms with E-state index in [-0.39, 0.29) is 11.5 Å². The van der Waals surface area contributed by atoms with Gasteiger partial charge in [0.2, 0.25) is 0 Å². The summed E-state index contributed by atoms with van der Waals surface area (Å²) in [6, 6.07) is 8.11. The third-order valence-electron chi connectivity index (χ3n) is 2.55. The van der Waals surface area contributed by atoms with Crippen LogP contribution < -0.4 is 4.74 Å². The molecule has 1 N–H and O–H groups in total. The van der Waals surface area contributed by atoms with E-state index in [1.165, 1.54) is 37.3 Å². The summed E-state index contributed by atoms with van der Waals surface area (Å²) >= 11 is 3.14. The summed E-state index contributed by atoms with van der Waals surface area (Å²) in [5, 5.41) is 9.60. The number of aliphatic hydroxyl groups excluding tert-OH is 1. The van der Waals surface area contributed by atoms with Gasteiger partial charge in [-0.1, -0.05) is 12.1 Å². The number of hydrogen-bond donors (Lipinski definition) is 1. The monoisotopic (exact) mass is 328 g/mol. The van der Waals surface area contributed by atoms with Gasteiger partial charge in [0.15, 0.2) is 11.6 Å². The number of rotatable bonds is 3. The maximum absolute atomic E-state index is 13.8. The molecule has 0 saturated carbocycles. The molecule has 19 heavy (non-hydrogen) atoms. The maximum atomic E-state index is 13.8. The molecular weight excluding hydrogens is 318 g/mol. The van der Waals surface area contributed by atoms with Crippen molar-refractivity contribution in [2.75, 3.05) is 0 Å². The first-order valence-corrected chi connectivity index (χ1v) is 6.37. The van der Waals surface area contributed by atoms with Crippen molar-refractivity contribution in [3.63, 3.8) is 0 Å². The van der Waals surface area contributed by atoms with Gasteiger partial charge in [-0.2, -0.15) is 0 Å². The predicted octanol–water partition coefficient (Wildman–Crippen LogP) is 4.57. The Labute approximate surface area is 117 Å². The molecule has 5 heteroatoms. The molecule has 2 rings (SSSR count). The summed E-state index contributed by atoms with van der Waals surface area (Å²) < 4.78 is 32.6. The topological polar surface area (TPSA) is 29.5 Å². The van der Waals surface area contributed by atoms with Gasteiger partial charge in [0.05, 0.1) is 10.6 Å². The Balaban J connectivity index is 2.43. The summed E-state index contributed by atoms with van der Waals surface area (Å²) in [7, 11) is 0. The van der Waals surface area contributed by atoms with Crippen molar-refractivity contribution in [1.82, 2.24) is 0 Å². The average molecular weight is 329 g/mol. The molecule has 0 saturated heterocycles. The van der Waals surface area contributed by atoms with Crippen LogP contribution in [0.2, 0.25) is 0 Å². The minimum atomic E-state index is -0.870. The normalized spacial score (nSPS) is 12.3. The summed E-state index contributed by atoms with van der Waals surface area (Å²) in [4.78, 5) is 0. The number of benzene rings is 2. The molecule has 0 spiro atoms. The lowest BCUT2D eigenvalue weighted by Gasteiger charge is -2.14. The van der Waals surface area contributed by atoms with Gasteiger partial charge in [-0.3, -0.25) is 0 Å². The zero-order valence-electron chi connectivity index (χ0n) is 10.0. The molecule has 0 aliphatic heterocycles. The summed E-state index contributed by atoms with van der Waals surface area (Å²) in [6.45, 7) is 1.52. The lowest BCUT2D eigenvalue weighted by Crippen LogP contribution is -1.99. The smallest absolute Gasteiger partial charge is 0.168 e. The lowest BCUT2D eigenvalue weighted by molar-refractivity contribution is 0.194. The van der Waals surface area contributed by atoms with Crippen LogP contribution in [0.25, 0.3) is 0 Å². The molecule has 1 unspecified atom stereocenters. The van der Waals surface area contributed by atoms with E-state index in [0.717, 1.165) is 0 Å². The first-order valence-electron chi connectivity index (χ1n) is 5.58. The summed E-state index contributed by atoms with van der Waals surface area (Å²) in [5.74, 6) is -0.809. The van der Waals surface area contributed by atoms with Gasteiger partial charge in [-0.15, -0.1) is 0 Å². The quantitative estimate of drug-likeness (QED) is 0.894. The Kier molecular flexibility index (Phi) is 4.17. The lowest BCUT2D eigenvalue weighted by atomic mass is 10.1. The molecule has 0 aliphatic carbocycles. The fourth-order valence-corrected chi connectivity index (χ4v) is 2.06. The number of hydrogen-bond acceptors (Lipinski definition) is 2. The maximum Gasteiger partial charge on any atom is 0.168 e. The van der Waals surface area contributed by atoms with Crippen LogP contribution in [-0.2, 0) is 0 Å². The van der Waals surface area contributed by atoms with Gasteiger partial charge >= 0.3 is 0 Å². The second kappa shape index (κ2) is 5.67. The minimum Gasteiger partial charge on any atom is -0.453 e. The third kappa shape index (κ3) is 3.11. The Bertz CT molecular complexity index is 600. The molecule has 0 radical (unpaired) electrons. The molecule has 0 aromatic heterocycles. The van der Waals surface area contributed by atoms with Crippen molar-refractivity contribution in [2.24, 2.45) is 0 Å². The van der Waals surface area contributed by atoms with Gasteiger partial charge in [-0.05, 0) is 47.1 Å². The predicted molar refractivity (Wildman–Crippen MR) is 71.2 cm³/mol. The average Bonchev–Trinajstić information content (AvgIpc) is 2.34. The van der Waals surface area contributed by atoms with Crippen LogP contribution in [0.1, 0.15) is 18.6 Å². The fourth-order valence-electron chi connectivity index (χ4n) is 1.63. The molecule has 0 heterocycles. The van der Waals surface area contributed by atoms with Crippen LogP contribution in [-0.4, -0.2) is 5.11 Å². The highest BCUT2D eigenvalue weighted by molar-refractivity contribution is 9.10. The van der Waals surface area contributed by atoms with Crippen LogP contribution in [0.4, 0.5) is 8.78 Å². The first-order chi connectivity index (χ1) is 8.99. The third-order valence-corrected chi connectivity index (χ3v) is 3.17. The van der Waals surface area contributed by atoms with Crippen LogP contribution >= 0.6 is 15.9 Å².